The molecule has 0 amide bonds. The van der Waals surface area contributed by atoms with Gasteiger partial charge >= 0.3 is 0 Å². The van der Waals surface area contributed by atoms with Crippen molar-refractivity contribution < 1.29 is 4.74 Å². The molecule has 1 unspecified atom stereocenters. The molecule has 2 rings (SSSR count). The van der Waals surface area contributed by atoms with E-state index in [4.69, 9.17) is 4.74 Å². The van der Waals surface area contributed by atoms with Gasteiger partial charge in [0.2, 0.25) is 0 Å². The van der Waals surface area contributed by atoms with Crippen molar-refractivity contribution in [2.24, 2.45) is 0 Å². The van der Waals surface area contributed by atoms with Gasteiger partial charge < -0.3 is 10.1 Å². The van der Waals surface area contributed by atoms with Crippen LogP contribution in [0.1, 0.15) is 37.8 Å². The Balaban J connectivity index is 1.94. The van der Waals surface area contributed by atoms with E-state index >= 15 is 0 Å². The minimum Gasteiger partial charge on any atom is -0.381 e. The third-order valence-electron chi connectivity index (χ3n) is 3.51. The second kappa shape index (κ2) is 7.17. The number of benzene rings is 1. The van der Waals surface area contributed by atoms with Gasteiger partial charge in [-0.05, 0) is 44.0 Å². The summed E-state index contributed by atoms with van der Waals surface area (Å²) in [6.07, 6.45) is 3.49. The van der Waals surface area contributed by atoms with Gasteiger partial charge in [-0.25, -0.2) is 0 Å². The van der Waals surface area contributed by atoms with E-state index in [1.54, 1.807) is 0 Å². The van der Waals surface area contributed by atoms with E-state index in [1.807, 2.05) is 18.8 Å². The molecule has 0 aliphatic carbocycles. The van der Waals surface area contributed by atoms with Crippen molar-refractivity contribution in [3.05, 3.63) is 29.8 Å². The summed E-state index contributed by atoms with van der Waals surface area (Å²) >= 11 is 2.00. The lowest BCUT2D eigenvalue weighted by Crippen LogP contribution is -2.17. The van der Waals surface area contributed by atoms with Gasteiger partial charge in [0.1, 0.15) is 0 Å². The molecule has 1 heterocycles. The van der Waals surface area contributed by atoms with Crippen LogP contribution in [0.5, 0.6) is 0 Å². The lowest BCUT2D eigenvalue weighted by atomic mass is 10.1. The Morgan fingerprint density at radius 3 is 2.50 bits per heavy atom. The van der Waals surface area contributed by atoms with Crippen molar-refractivity contribution in [3.63, 3.8) is 0 Å². The highest BCUT2D eigenvalue weighted by Gasteiger charge is 2.15. The molecule has 100 valence electrons. The fourth-order valence-corrected chi connectivity index (χ4v) is 3.48. The first-order valence-corrected chi connectivity index (χ1v) is 7.73. The number of thioether (sulfide) groups is 1. The van der Waals surface area contributed by atoms with Crippen LogP contribution in [0.4, 0.5) is 0 Å². The van der Waals surface area contributed by atoms with Gasteiger partial charge in [0.15, 0.2) is 0 Å². The molecule has 0 aromatic heterocycles. The summed E-state index contributed by atoms with van der Waals surface area (Å²) < 4.78 is 5.40. The number of ether oxygens (including phenoxy) is 1. The van der Waals surface area contributed by atoms with E-state index in [0.29, 0.717) is 6.04 Å². The first-order valence-electron chi connectivity index (χ1n) is 6.85. The second-order valence-corrected chi connectivity index (χ2v) is 6.12. The smallest absolute Gasteiger partial charge is 0.0476 e. The average Bonchev–Trinajstić information content (AvgIpc) is 2.43. The highest BCUT2D eigenvalue weighted by Crippen LogP contribution is 2.30. The summed E-state index contributed by atoms with van der Waals surface area (Å²) in [6.45, 7) is 4.06. The summed E-state index contributed by atoms with van der Waals surface area (Å²) in [4.78, 5) is 1.39. The lowest BCUT2D eigenvalue weighted by molar-refractivity contribution is 0.100. The Hall–Kier alpha value is -0.510. The molecule has 18 heavy (non-hydrogen) atoms. The first-order chi connectivity index (χ1) is 8.83. The molecule has 3 heteroatoms. The van der Waals surface area contributed by atoms with E-state index in [0.717, 1.165) is 24.9 Å². The van der Waals surface area contributed by atoms with E-state index in [1.165, 1.54) is 23.3 Å². The van der Waals surface area contributed by atoms with Crippen LogP contribution in [-0.4, -0.2) is 25.5 Å². The third kappa shape index (κ3) is 3.74. The van der Waals surface area contributed by atoms with Gasteiger partial charge in [0, 0.05) is 29.4 Å². The number of hydrogen-bond donors (Lipinski definition) is 1. The topological polar surface area (TPSA) is 21.3 Å². The van der Waals surface area contributed by atoms with Gasteiger partial charge in [-0.2, -0.15) is 0 Å². The maximum Gasteiger partial charge on any atom is 0.0476 e. The highest BCUT2D eigenvalue weighted by atomic mass is 32.2. The molecule has 1 N–H and O–H groups in total. The summed E-state index contributed by atoms with van der Waals surface area (Å²) in [5.74, 6) is 0. The van der Waals surface area contributed by atoms with Crippen LogP contribution < -0.4 is 5.32 Å². The van der Waals surface area contributed by atoms with E-state index in [9.17, 15) is 0 Å². The van der Waals surface area contributed by atoms with Crippen molar-refractivity contribution >= 4 is 11.8 Å². The van der Waals surface area contributed by atoms with Crippen LogP contribution in [0.15, 0.2) is 29.2 Å². The third-order valence-corrected chi connectivity index (χ3v) is 4.86. The largest absolute Gasteiger partial charge is 0.381 e. The molecule has 1 aromatic carbocycles. The lowest BCUT2D eigenvalue weighted by Gasteiger charge is -2.21. The number of nitrogens with one attached hydrogen (secondary N) is 1. The minimum absolute atomic E-state index is 0.479. The molecule has 0 radical (unpaired) electrons. The molecule has 0 saturated carbocycles. The molecular weight excluding hydrogens is 242 g/mol. The van der Waals surface area contributed by atoms with Crippen molar-refractivity contribution in [2.45, 2.75) is 42.4 Å². The molecule has 1 fully saturated rings. The standard InChI is InChI=1S/C15H23NOS/c1-3-15(16-2)12-4-6-13(7-5-12)18-14-8-10-17-11-9-14/h4-7,14-16H,3,8-11H2,1-2H3. The number of rotatable bonds is 5. The fraction of sp³-hybridized carbons (Fsp3) is 0.600. The zero-order chi connectivity index (χ0) is 12.8. The van der Waals surface area contributed by atoms with Crippen LogP contribution in [0.3, 0.4) is 0 Å². The normalized spacial score (nSPS) is 18.8. The zero-order valence-electron chi connectivity index (χ0n) is 11.3. The van der Waals surface area contributed by atoms with E-state index in [-0.39, 0.29) is 0 Å². The van der Waals surface area contributed by atoms with Crippen LogP contribution in [-0.2, 0) is 4.74 Å². The van der Waals surface area contributed by atoms with Crippen molar-refractivity contribution in [1.82, 2.24) is 5.32 Å². The van der Waals surface area contributed by atoms with E-state index < -0.39 is 0 Å². The predicted molar refractivity (Wildman–Crippen MR) is 78.2 cm³/mol. The zero-order valence-corrected chi connectivity index (χ0v) is 12.1. The highest BCUT2D eigenvalue weighted by molar-refractivity contribution is 8.00. The summed E-state index contributed by atoms with van der Waals surface area (Å²) in [5, 5.41) is 4.08. The Labute approximate surface area is 114 Å². The van der Waals surface area contributed by atoms with E-state index in [2.05, 4.69) is 36.5 Å². The Morgan fingerprint density at radius 1 is 1.28 bits per heavy atom. The van der Waals surface area contributed by atoms with Crippen LogP contribution in [0.2, 0.25) is 0 Å². The maximum absolute atomic E-state index is 5.40. The molecule has 1 saturated heterocycles. The van der Waals surface area contributed by atoms with Crippen molar-refractivity contribution in [3.8, 4) is 0 Å². The SMILES string of the molecule is CCC(NC)c1ccc(SC2CCOCC2)cc1. The van der Waals surface area contributed by atoms with Crippen molar-refractivity contribution in [1.29, 1.82) is 0 Å². The van der Waals surface area contributed by atoms with Gasteiger partial charge in [-0.3, -0.25) is 0 Å². The Kier molecular flexibility index (Phi) is 5.54. The summed E-state index contributed by atoms with van der Waals surface area (Å²) in [6, 6.07) is 9.51. The molecule has 1 atom stereocenters. The quantitative estimate of drug-likeness (QED) is 0.878. The molecule has 0 spiro atoms. The van der Waals surface area contributed by atoms with Gasteiger partial charge in [-0.15, -0.1) is 11.8 Å². The minimum atomic E-state index is 0.479. The van der Waals surface area contributed by atoms with Gasteiger partial charge in [-0.1, -0.05) is 19.1 Å². The molecule has 0 bridgehead atoms. The summed E-state index contributed by atoms with van der Waals surface area (Å²) in [7, 11) is 2.03. The molecule has 1 aliphatic heterocycles. The molecule has 2 nitrogen and oxygen atoms in total. The van der Waals surface area contributed by atoms with Gasteiger partial charge in [0.25, 0.3) is 0 Å². The monoisotopic (exact) mass is 265 g/mol. The van der Waals surface area contributed by atoms with Gasteiger partial charge in [0.05, 0.1) is 0 Å². The van der Waals surface area contributed by atoms with Crippen LogP contribution in [0, 0.1) is 0 Å². The van der Waals surface area contributed by atoms with Crippen molar-refractivity contribution in [2.75, 3.05) is 20.3 Å². The Morgan fingerprint density at radius 2 is 1.94 bits per heavy atom. The second-order valence-electron chi connectivity index (χ2n) is 4.75. The van der Waals surface area contributed by atoms with Crippen LogP contribution >= 0.6 is 11.8 Å². The predicted octanol–water partition coefficient (Wildman–Crippen LogP) is 3.63. The Bertz CT molecular complexity index is 342. The molecule has 1 aliphatic rings. The van der Waals surface area contributed by atoms with Crippen LogP contribution in [0.25, 0.3) is 0 Å². The molecular formula is C15H23NOS. The average molecular weight is 265 g/mol. The first kappa shape index (κ1) is 13.9. The molecule has 1 aromatic rings. The fourth-order valence-electron chi connectivity index (χ4n) is 2.37. The summed E-state index contributed by atoms with van der Waals surface area (Å²) in [5.41, 5.74) is 1.39. The number of hydrogen-bond acceptors (Lipinski definition) is 3. The maximum atomic E-state index is 5.40.